The second-order valence-corrected chi connectivity index (χ2v) is 9.19. The number of pyridine rings is 1. The van der Waals surface area contributed by atoms with Crippen LogP contribution in [0.3, 0.4) is 0 Å². The lowest BCUT2D eigenvalue weighted by molar-refractivity contribution is -0.347. The molecule has 146 valence electrons. The number of piperidine rings is 1. The number of anilines is 1. The number of benzene rings is 2. The maximum atomic E-state index is 13.5. The van der Waals surface area contributed by atoms with E-state index in [0.717, 1.165) is 36.0 Å². The molecule has 2 aromatic carbocycles. The van der Waals surface area contributed by atoms with Crippen LogP contribution in [0.4, 0.5) is 5.69 Å². The minimum Gasteiger partial charge on any atom is -0.497 e. The summed E-state index contributed by atoms with van der Waals surface area (Å²) in [6.45, 7) is 3.01. The number of nitrogens with one attached hydrogen (secondary N) is 1. The largest absolute Gasteiger partial charge is 0.497 e. The van der Waals surface area contributed by atoms with Crippen molar-refractivity contribution in [3.05, 3.63) is 54.7 Å². The van der Waals surface area contributed by atoms with Gasteiger partial charge in [-0.1, -0.05) is 18.2 Å². The van der Waals surface area contributed by atoms with Crippen LogP contribution in [0.2, 0.25) is 0 Å². The molecule has 1 N–H and O–H groups in total. The van der Waals surface area contributed by atoms with Crippen molar-refractivity contribution in [2.24, 2.45) is 0 Å². The monoisotopic (exact) mass is 397 g/mol. The van der Waals surface area contributed by atoms with Crippen LogP contribution in [0.25, 0.3) is 10.9 Å². The number of ether oxygens (including phenoxy) is 1. The molecular formula is C22H25N2O3S+. The number of methoxy groups -OCH3 is 1. The summed E-state index contributed by atoms with van der Waals surface area (Å²) in [5.74, 6) is 0.709. The third-order valence-corrected chi connectivity index (χ3v) is 7.29. The quantitative estimate of drug-likeness (QED) is 0.670. The van der Waals surface area contributed by atoms with Crippen molar-refractivity contribution < 1.29 is 18.1 Å². The van der Waals surface area contributed by atoms with Crippen molar-refractivity contribution in [2.75, 3.05) is 18.6 Å². The first-order chi connectivity index (χ1) is 13.5. The molecule has 1 aromatic heterocycles. The molecule has 0 aliphatic carbocycles. The Balaban J connectivity index is 2.02. The molecule has 28 heavy (non-hydrogen) atoms. The molecule has 1 aliphatic heterocycles. The van der Waals surface area contributed by atoms with Crippen LogP contribution in [0.5, 0.6) is 5.75 Å². The highest BCUT2D eigenvalue weighted by molar-refractivity contribution is 7.91. The number of sulfone groups is 1. The fourth-order valence-corrected chi connectivity index (χ4v) is 5.44. The van der Waals surface area contributed by atoms with Crippen molar-refractivity contribution in [2.45, 2.75) is 42.0 Å². The number of hydrogen-bond acceptors (Lipinski definition) is 4. The fraction of sp³-hybridized carbons (Fsp3) is 0.318. The van der Waals surface area contributed by atoms with Gasteiger partial charge in [0, 0.05) is 18.7 Å². The molecule has 0 spiro atoms. The van der Waals surface area contributed by atoms with Gasteiger partial charge in [0.15, 0.2) is 11.1 Å². The van der Waals surface area contributed by atoms with Gasteiger partial charge in [0.05, 0.1) is 23.1 Å². The SMILES string of the molecule is COc1ccc2[nH+]cc(S(=O)(=O)c3ccccc3)c(N3CCCC[C@@H]3C)c2c1. The number of hydrogen-bond donors (Lipinski definition) is 0. The summed E-state index contributed by atoms with van der Waals surface area (Å²) in [7, 11) is -2.04. The van der Waals surface area contributed by atoms with E-state index in [1.165, 1.54) is 6.42 Å². The Hall–Kier alpha value is -2.60. The summed E-state index contributed by atoms with van der Waals surface area (Å²) in [4.78, 5) is 6.04. The third-order valence-electron chi connectivity index (χ3n) is 5.51. The molecule has 1 fully saturated rings. The summed E-state index contributed by atoms with van der Waals surface area (Å²) < 4.78 is 32.5. The zero-order valence-electron chi connectivity index (χ0n) is 16.2. The van der Waals surface area contributed by atoms with Gasteiger partial charge in [-0.2, -0.15) is 0 Å². The van der Waals surface area contributed by atoms with Crippen LogP contribution in [0, 0.1) is 0 Å². The molecular weight excluding hydrogens is 372 g/mol. The van der Waals surface area contributed by atoms with Crippen molar-refractivity contribution in [3.63, 3.8) is 0 Å². The average molecular weight is 398 g/mol. The van der Waals surface area contributed by atoms with Crippen molar-refractivity contribution in [1.82, 2.24) is 0 Å². The van der Waals surface area contributed by atoms with Gasteiger partial charge in [-0.15, -0.1) is 0 Å². The molecule has 0 unspecified atom stereocenters. The van der Waals surface area contributed by atoms with Gasteiger partial charge in [0.2, 0.25) is 15.4 Å². The van der Waals surface area contributed by atoms with Crippen molar-refractivity contribution >= 4 is 26.4 Å². The van der Waals surface area contributed by atoms with E-state index < -0.39 is 9.84 Å². The molecule has 5 nitrogen and oxygen atoms in total. The molecule has 3 aromatic rings. The normalized spacial score (nSPS) is 17.6. The maximum absolute atomic E-state index is 13.5. The molecule has 0 radical (unpaired) electrons. The second kappa shape index (κ2) is 7.43. The van der Waals surface area contributed by atoms with Crippen LogP contribution >= 0.6 is 0 Å². The first-order valence-electron chi connectivity index (χ1n) is 9.61. The molecule has 0 amide bonds. The molecule has 2 heterocycles. The Morgan fingerprint density at radius 1 is 1.11 bits per heavy atom. The molecule has 0 saturated carbocycles. The minimum absolute atomic E-state index is 0.273. The Kier molecular flexibility index (Phi) is 4.98. The van der Waals surface area contributed by atoms with E-state index >= 15 is 0 Å². The molecule has 1 aliphatic rings. The number of nitrogens with zero attached hydrogens (tertiary/aromatic N) is 1. The lowest BCUT2D eigenvalue weighted by atomic mass is 10.0. The topological polar surface area (TPSA) is 60.8 Å². The van der Waals surface area contributed by atoms with Gasteiger partial charge in [-0.25, -0.2) is 13.4 Å². The minimum atomic E-state index is -3.67. The van der Waals surface area contributed by atoms with Crippen LogP contribution in [-0.4, -0.2) is 28.1 Å². The summed E-state index contributed by atoms with van der Waals surface area (Å²) in [5.41, 5.74) is 1.66. The van der Waals surface area contributed by atoms with E-state index in [4.69, 9.17) is 4.74 Å². The van der Waals surface area contributed by atoms with Gasteiger partial charge in [0.25, 0.3) is 0 Å². The number of aromatic nitrogens is 1. The first kappa shape index (κ1) is 18.7. The van der Waals surface area contributed by atoms with Gasteiger partial charge in [-0.3, -0.25) is 0 Å². The average Bonchev–Trinajstić information content (AvgIpc) is 2.73. The number of H-pyrrole nitrogens is 1. The van der Waals surface area contributed by atoms with E-state index in [1.807, 2.05) is 24.3 Å². The number of rotatable bonds is 4. The Bertz CT molecular complexity index is 1100. The Morgan fingerprint density at radius 3 is 2.61 bits per heavy atom. The molecule has 1 atom stereocenters. The molecule has 4 rings (SSSR count). The van der Waals surface area contributed by atoms with Crippen LogP contribution in [0.15, 0.2) is 64.5 Å². The standard InChI is InChI=1S/C22H24N2O3S/c1-16-8-6-7-13-24(16)22-19-14-17(27-2)11-12-20(19)23-15-21(22)28(25,26)18-9-4-3-5-10-18/h3-5,9-12,14-16H,6-8,13H2,1-2H3/p+1/t16-/m0/s1. The zero-order chi connectivity index (χ0) is 19.7. The lowest BCUT2D eigenvalue weighted by Crippen LogP contribution is -2.38. The van der Waals surface area contributed by atoms with Crippen molar-refractivity contribution in [1.29, 1.82) is 0 Å². The van der Waals surface area contributed by atoms with E-state index in [1.54, 1.807) is 37.6 Å². The number of fused-ring (bicyclic) bond motifs is 1. The second-order valence-electron chi connectivity index (χ2n) is 7.27. The summed E-state index contributed by atoms with van der Waals surface area (Å²) >= 11 is 0. The zero-order valence-corrected chi connectivity index (χ0v) is 17.0. The first-order valence-corrected chi connectivity index (χ1v) is 11.1. The van der Waals surface area contributed by atoms with Crippen LogP contribution in [-0.2, 0) is 9.84 Å². The summed E-state index contributed by atoms with van der Waals surface area (Å²) in [6.07, 6.45) is 4.90. The molecule has 0 bridgehead atoms. The van der Waals surface area contributed by atoms with Crippen LogP contribution < -0.4 is 14.6 Å². The van der Waals surface area contributed by atoms with Crippen LogP contribution in [0.1, 0.15) is 26.2 Å². The summed E-state index contributed by atoms with van der Waals surface area (Å²) in [6, 6.07) is 14.6. The third kappa shape index (κ3) is 3.22. The van der Waals surface area contributed by atoms with E-state index in [-0.39, 0.29) is 6.04 Å². The van der Waals surface area contributed by atoms with E-state index in [9.17, 15) is 8.42 Å². The highest BCUT2D eigenvalue weighted by atomic mass is 32.2. The van der Waals surface area contributed by atoms with Gasteiger partial charge in [-0.05, 0) is 50.5 Å². The van der Waals surface area contributed by atoms with Gasteiger partial charge in [0.1, 0.15) is 5.75 Å². The van der Waals surface area contributed by atoms with E-state index in [0.29, 0.717) is 15.5 Å². The summed E-state index contributed by atoms with van der Waals surface area (Å²) in [5, 5.41) is 0.866. The highest BCUT2D eigenvalue weighted by Crippen LogP contribution is 2.38. The maximum Gasteiger partial charge on any atom is 0.214 e. The molecule has 6 heteroatoms. The highest BCUT2D eigenvalue weighted by Gasteiger charge is 2.32. The number of aromatic amines is 1. The lowest BCUT2D eigenvalue weighted by Gasteiger charge is -2.36. The van der Waals surface area contributed by atoms with E-state index in [2.05, 4.69) is 16.8 Å². The smallest absolute Gasteiger partial charge is 0.214 e. The molecule has 1 saturated heterocycles. The fourth-order valence-electron chi connectivity index (χ4n) is 3.97. The Labute approximate surface area is 165 Å². The van der Waals surface area contributed by atoms with Gasteiger partial charge < -0.3 is 9.64 Å². The predicted molar refractivity (Wildman–Crippen MR) is 110 cm³/mol. The van der Waals surface area contributed by atoms with Gasteiger partial charge >= 0.3 is 0 Å². The predicted octanol–water partition coefficient (Wildman–Crippen LogP) is 3.87. The Morgan fingerprint density at radius 2 is 1.89 bits per heavy atom. The van der Waals surface area contributed by atoms with Crippen molar-refractivity contribution in [3.8, 4) is 5.75 Å².